The van der Waals surface area contributed by atoms with Crippen LogP contribution in [0.1, 0.15) is 33.2 Å². The van der Waals surface area contributed by atoms with E-state index < -0.39 is 24.1 Å². The summed E-state index contributed by atoms with van der Waals surface area (Å²) >= 11 is 0. The molecule has 0 amide bonds. The number of esters is 2. The monoisotopic (exact) mass is 360 g/mol. The highest BCUT2D eigenvalue weighted by atomic mass is 16.6. The molecule has 0 aromatic heterocycles. The van der Waals surface area contributed by atoms with E-state index in [1.54, 1.807) is 43.3 Å². The van der Waals surface area contributed by atoms with Gasteiger partial charge >= 0.3 is 11.9 Å². The molecule has 0 spiro atoms. The summed E-state index contributed by atoms with van der Waals surface area (Å²) < 4.78 is 10.7. The van der Waals surface area contributed by atoms with Crippen LogP contribution in [0.5, 0.6) is 0 Å². The third kappa shape index (κ3) is 2.97. The van der Waals surface area contributed by atoms with Crippen LogP contribution >= 0.6 is 0 Å². The average molecular weight is 360 g/mol. The molecule has 1 aliphatic carbocycles. The van der Waals surface area contributed by atoms with Gasteiger partial charge in [0, 0.05) is 17.2 Å². The van der Waals surface area contributed by atoms with Crippen LogP contribution in [-0.2, 0) is 14.3 Å². The van der Waals surface area contributed by atoms with Crippen LogP contribution in [0.3, 0.4) is 0 Å². The zero-order valence-corrected chi connectivity index (χ0v) is 14.5. The fraction of sp³-hybridized carbons (Fsp3) is 0.136. The molecule has 4 rings (SSSR count). The minimum absolute atomic E-state index is 0.103. The first kappa shape index (κ1) is 17.0. The molecule has 0 fully saturated rings. The number of carbonyl (C=O) groups is 3. The molecule has 0 radical (unpaired) electrons. The van der Waals surface area contributed by atoms with Gasteiger partial charge in [0.1, 0.15) is 0 Å². The van der Waals surface area contributed by atoms with Crippen molar-refractivity contribution in [3.05, 3.63) is 83.5 Å². The Morgan fingerprint density at radius 1 is 1.04 bits per heavy atom. The third-order valence-electron chi connectivity index (χ3n) is 4.59. The van der Waals surface area contributed by atoms with Gasteiger partial charge in [-0.3, -0.25) is 4.79 Å². The van der Waals surface area contributed by atoms with Crippen molar-refractivity contribution in [2.45, 2.75) is 19.1 Å². The van der Waals surface area contributed by atoms with Gasteiger partial charge in [-0.2, -0.15) is 0 Å². The standard InChI is InChI=1S/C22H16O5/c1-2-5-18-19(10-11-20(23)26-18)27-22(25)13-8-9-15-14-6-3-4-7-16(14)21(24)17(15)12-13/h2-12,18-19H,1H3/b5-2+/t18-,19-/m0/s1. The highest BCUT2D eigenvalue weighted by molar-refractivity contribution is 6.22. The SMILES string of the molecule is C/C=C/[C@@H]1OC(=O)C=C[C@@H]1OC(=O)c1ccc2c(c1)C(=O)c1ccccc1-2. The zero-order valence-electron chi connectivity index (χ0n) is 14.5. The Morgan fingerprint density at radius 3 is 2.56 bits per heavy atom. The fourth-order valence-electron chi connectivity index (χ4n) is 3.31. The van der Waals surface area contributed by atoms with E-state index in [2.05, 4.69) is 0 Å². The number of allylic oxidation sites excluding steroid dienone is 1. The van der Waals surface area contributed by atoms with E-state index in [9.17, 15) is 14.4 Å². The first-order valence-corrected chi connectivity index (χ1v) is 8.59. The summed E-state index contributed by atoms with van der Waals surface area (Å²) in [4.78, 5) is 36.6. The van der Waals surface area contributed by atoms with Crippen LogP contribution < -0.4 is 0 Å². The lowest BCUT2D eigenvalue weighted by Gasteiger charge is -2.25. The molecule has 0 saturated heterocycles. The van der Waals surface area contributed by atoms with E-state index >= 15 is 0 Å². The molecular weight excluding hydrogens is 344 g/mol. The van der Waals surface area contributed by atoms with Crippen LogP contribution in [0, 0.1) is 0 Å². The highest BCUT2D eigenvalue weighted by Crippen LogP contribution is 2.36. The number of hydrogen-bond donors (Lipinski definition) is 0. The summed E-state index contributed by atoms with van der Waals surface area (Å²) in [5.41, 5.74) is 3.08. The summed E-state index contributed by atoms with van der Waals surface area (Å²) in [5, 5.41) is 0. The predicted octanol–water partition coefficient (Wildman–Crippen LogP) is 3.48. The third-order valence-corrected chi connectivity index (χ3v) is 4.59. The van der Waals surface area contributed by atoms with Crippen molar-refractivity contribution < 1.29 is 23.9 Å². The van der Waals surface area contributed by atoms with Gasteiger partial charge in [0.25, 0.3) is 0 Å². The zero-order chi connectivity index (χ0) is 19.0. The summed E-state index contributed by atoms with van der Waals surface area (Å²) in [7, 11) is 0. The number of cyclic esters (lactones) is 1. The molecule has 2 aliphatic rings. The summed E-state index contributed by atoms with van der Waals surface area (Å²) in [5.74, 6) is -1.16. The second-order valence-electron chi connectivity index (χ2n) is 6.29. The van der Waals surface area contributed by atoms with E-state index in [1.165, 1.54) is 12.2 Å². The molecule has 2 atom stereocenters. The molecule has 27 heavy (non-hydrogen) atoms. The summed E-state index contributed by atoms with van der Waals surface area (Å²) in [6.07, 6.45) is 4.74. The Morgan fingerprint density at radius 2 is 1.78 bits per heavy atom. The minimum atomic E-state index is -0.715. The molecule has 0 N–H and O–H groups in total. The van der Waals surface area contributed by atoms with Crippen LogP contribution in [-0.4, -0.2) is 29.9 Å². The van der Waals surface area contributed by atoms with Crippen molar-refractivity contribution in [2.75, 3.05) is 0 Å². The van der Waals surface area contributed by atoms with Crippen molar-refractivity contribution in [3.63, 3.8) is 0 Å². The fourth-order valence-corrected chi connectivity index (χ4v) is 3.31. The molecule has 5 heteroatoms. The van der Waals surface area contributed by atoms with Crippen LogP contribution in [0.25, 0.3) is 11.1 Å². The quantitative estimate of drug-likeness (QED) is 0.528. The molecule has 0 bridgehead atoms. The van der Waals surface area contributed by atoms with Gasteiger partial charge in [0.05, 0.1) is 5.56 Å². The van der Waals surface area contributed by atoms with Gasteiger partial charge in [-0.15, -0.1) is 0 Å². The van der Waals surface area contributed by atoms with E-state index in [-0.39, 0.29) is 11.3 Å². The molecule has 5 nitrogen and oxygen atoms in total. The maximum Gasteiger partial charge on any atom is 0.338 e. The van der Waals surface area contributed by atoms with Crippen molar-refractivity contribution in [2.24, 2.45) is 0 Å². The lowest BCUT2D eigenvalue weighted by Crippen LogP contribution is -2.35. The maximum atomic E-state index is 12.6. The first-order chi connectivity index (χ1) is 13.1. The Balaban J connectivity index is 1.60. The van der Waals surface area contributed by atoms with Crippen molar-refractivity contribution in [1.29, 1.82) is 0 Å². The van der Waals surface area contributed by atoms with E-state index in [1.807, 2.05) is 18.2 Å². The second kappa shape index (κ2) is 6.68. The van der Waals surface area contributed by atoms with Gasteiger partial charge in [-0.05, 0) is 42.3 Å². The normalized spacial score (nSPS) is 20.3. The van der Waals surface area contributed by atoms with Crippen molar-refractivity contribution in [1.82, 2.24) is 0 Å². The molecule has 2 aromatic rings. The minimum Gasteiger partial charge on any atom is -0.451 e. The molecule has 0 saturated carbocycles. The predicted molar refractivity (Wildman–Crippen MR) is 98.3 cm³/mol. The van der Waals surface area contributed by atoms with Gasteiger partial charge in [0.2, 0.25) is 0 Å². The molecule has 1 heterocycles. The van der Waals surface area contributed by atoms with Gasteiger partial charge in [0.15, 0.2) is 18.0 Å². The summed E-state index contributed by atoms with van der Waals surface area (Å²) in [6, 6.07) is 12.3. The molecule has 0 unspecified atom stereocenters. The second-order valence-corrected chi connectivity index (χ2v) is 6.29. The first-order valence-electron chi connectivity index (χ1n) is 8.59. The molecule has 2 aromatic carbocycles. The van der Waals surface area contributed by atoms with Crippen LogP contribution in [0.2, 0.25) is 0 Å². The highest BCUT2D eigenvalue weighted by Gasteiger charge is 2.30. The number of hydrogen-bond acceptors (Lipinski definition) is 5. The van der Waals surface area contributed by atoms with E-state index in [0.717, 1.165) is 11.1 Å². The molecule has 1 aliphatic heterocycles. The maximum absolute atomic E-state index is 12.6. The van der Waals surface area contributed by atoms with Gasteiger partial charge in [-0.1, -0.05) is 36.4 Å². The number of rotatable bonds is 3. The largest absolute Gasteiger partial charge is 0.451 e. The van der Waals surface area contributed by atoms with Crippen molar-refractivity contribution >= 4 is 17.7 Å². The van der Waals surface area contributed by atoms with Crippen molar-refractivity contribution in [3.8, 4) is 11.1 Å². The number of benzene rings is 2. The number of ketones is 1. The van der Waals surface area contributed by atoms with E-state index in [0.29, 0.717) is 11.1 Å². The topological polar surface area (TPSA) is 69.7 Å². The average Bonchev–Trinajstić information content (AvgIpc) is 2.96. The molecular formula is C22H16O5. The van der Waals surface area contributed by atoms with E-state index in [4.69, 9.17) is 9.47 Å². The number of carbonyl (C=O) groups excluding carboxylic acids is 3. The number of fused-ring (bicyclic) bond motifs is 3. The Labute approximate surface area is 155 Å². The Kier molecular flexibility index (Phi) is 4.20. The lowest BCUT2D eigenvalue weighted by atomic mass is 10.0. The lowest BCUT2D eigenvalue weighted by molar-refractivity contribution is -0.146. The smallest absolute Gasteiger partial charge is 0.338 e. The van der Waals surface area contributed by atoms with Crippen LogP contribution in [0.4, 0.5) is 0 Å². The number of ether oxygens (including phenoxy) is 2. The van der Waals surface area contributed by atoms with Crippen LogP contribution in [0.15, 0.2) is 66.8 Å². The summed E-state index contributed by atoms with van der Waals surface area (Å²) in [6.45, 7) is 1.79. The Hall–Kier alpha value is -3.47. The van der Waals surface area contributed by atoms with Gasteiger partial charge in [-0.25, -0.2) is 9.59 Å². The molecule has 134 valence electrons. The Bertz CT molecular complexity index is 1020. The van der Waals surface area contributed by atoms with Gasteiger partial charge < -0.3 is 9.47 Å².